The van der Waals surface area contributed by atoms with E-state index in [1.807, 2.05) is 12.1 Å². The second kappa shape index (κ2) is 9.75. The largest absolute Gasteiger partial charge is 0.494 e. The van der Waals surface area contributed by atoms with E-state index in [4.69, 9.17) is 4.74 Å². The molecular weight excluding hydrogens is 437 g/mol. The second-order valence-corrected chi connectivity index (χ2v) is 12.3. The highest BCUT2D eigenvalue weighted by molar-refractivity contribution is 7.91. The maximum atomic E-state index is 13.9. The number of fused-ring (bicyclic) bond motifs is 1. The molecule has 2 aromatic rings. The standard InChI is InChI=1S/C27H34FNO3S/c28-23-5-1-4-21(16-23)17-26-25-18-24(32-14-3-15-33(30,31)19-20-6-7-20)10-8-22(25)9-11-27(26)29-12-2-13-29/h1,4-5,8,10,16,18,20,26-27H,2-3,6-7,9,11-15,17,19H2. The highest BCUT2D eigenvalue weighted by atomic mass is 32.2. The van der Waals surface area contributed by atoms with Crippen LogP contribution in [0.15, 0.2) is 42.5 Å². The molecule has 0 bridgehead atoms. The normalized spacial score (nSPS) is 23.1. The zero-order chi connectivity index (χ0) is 22.8. The second-order valence-electron chi connectivity index (χ2n) is 10.1. The van der Waals surface area contributed by atoms with Crippen molar-refractivity contribution in [3.05, 3.63) is 65.0 Å². The Labute approximate surface area is 197 Å². The quantitative estimate of drug-likeness (QED) is 0.469. The lowest BCUT2D eigenvalue weighted by atomic mass is 9.75. The highest BCUT2D eigenvalue weighted by Gasteiger charge is 2.36. The number of rotatable bonds is 10. The van der Waals surface area contributed by atoms with Gasteiger partial charge in [-0.3, -0.25) is 4.90 Å². The van der Waals surface area contributed by atoms with Gasteiger partial charge in [-0.05, 0) is 105 Å². The van der Waals surface area contributed by atoms with E-state index in [1.54, 1.807) is 12.1 Å². The predicted molar refractivity (Wildman–Crippen MR) is 129 cm³/mol. The Balaban J connectivity index is 1.28. The SMILES string of the molecule is O=S(=O)(CCCOc1ccc2c(c1)C(Cc1cccc(F)c1)C(N1CCC1)CC2)CC1CC1. The van der Waals surface area contributed by atoms with Gasteiger partial charge in [0.1, 0.15) is 11.6 Å². The molecular formula is C27H34FNO3S. The van der Waals surface area contributed by atoms with Crippen molar-refractivity contribution < 1.29 is 17.5 Å². The monoisotopic (exact) mass is 471 g/mol. The molecule has 0 amide bonds. The number of ether oxygens (including phenoxy) is 1. The number of nitrogens with zero attached hydrogens (tertiary/aromatic N) is 1. The fourth-order valence-corrected chi connectivity index (χ4v) is 7.19. The molecule has 0 radical (unpaired) electrons. The van der Waals surface area contributed by atoms with Gasteiger partial charge in [0.25, 0.3) is 0 Å². The summed E-state index contributed by atoms with van der Waals surface area (Å²) in [5.74, 6) is 1.86. The van der Waals surface area contributed by atoms with E-state index in [0.717, 1.165) is 56.5 Å². The van der Waals surface area contributed by atoms with Gasteiger partial charge >= 0.3 is 0 Å². The van der Waals surface area contributed by atoms with Gasteiger partial charge in [-0.1, -0.05) is 18.2 Å². The Bertz CT molecular complexity index is 1080. The molecule has 2 aliphatic carbocycles. The van der Waals surface area contributed by atoms with Crippen LogP contribution < -0.4 is 4.74 Å². The van der Waals surface area contributed by atoms with Gasteiger partial charge < -0.3 is 4.74 Å². The first kappa shape index (κ1) is 22.9. The van der Waals surface area contributed by atoms with Crippen molar-refractivity contribution in [2.24, 2.45) is 5.92 Å². The average molecular weight is 472 g/mol. The Morgan fingerprint density at radius 3 is 2.64 bits per heavy atom. The molecule has 4 nitrogen and oxygen atoms in total. The average Bonchev–Trinajstić information content (AvgIpc) is 3.55. The summed E-state index contributed by atoms with van der Waals surface area (Å²) in [5, 5.41) is 0. The number of hydrogen-bond donors (Lipinski definition) is 0. The molecule has 2 fully saturated rings. The molecule has 0 N–H and O–H groups in total. The van der Waals surface area contributed by atoms with Crippen molar-refractivity contribution in [3.63, 3.8) is 0 Å². The van der Waals surface area contributed by atoms with Gasteiger partial charge in [0.05, 0.1) is 18.1 Å². The molecule has 178 valence electrons. The summed E-state index contributed by atoms with van der Waals surface area (Å²) in [4.78, 5) is 2.57. The third-order valence-corrected chi connectivity index (χ3v) is 9.34. The molecule has 1 saturated heterocycles. The maximum absolute atomic E-state index is 13.9. The summed E-state index contributed by atoms with van der Waals surface area (Å²) in [6, 6.07) is 13.8. The molecule has 2 atom stereocenters. The Morgan fingerprint density at radius 2 is 1.91 bits per heavy atom. The van der Waals surface area contributed by atoms with Crippen LogP contribution in [0.3, 0.4) is 0 Å². The van der Waals surface area contributed by atoms with Crippen LogP contribution in [0.5, 0.6) is 5.75 Å². The minimum absolute atomic E-state index is 0.183. The van der Waals surface area contributed by atoms with Gasteiger partial charge in [-0.2, -0.15) is 0 Å². The fourth-order valence-electron chi connectivity index (χ4n) is 5.42. The van der Waals surface area contributed by atoms with Crippen molar-refractivity contribution in [1.29, 1.82) is 0 Å². The molecule has 0 aromatic heterocycles. The molecule has 3 aliphatic rings. The zero-order valence-electron chi connectivity index (χ0n) is 19.2. The number of halogens is 1. The van der Waals surface area contributed by atoms with Gasteiger partial charge in [0, 0.05) is 12.0 Å². The molecule has 1 heterocycles. The molecule has 33 heavy (non-hydrogen) atoms. The van der Waals surface area contributed by atoms with E-state index in [2.05, 4.69) is 17.0 Å². The van der Waals surface area contributed by atoms with E-state index in [0.29, 0.717) is 36.7 Å². The van der Waals surface area contributed by atoms with Crippen molar-refractivity contribution >= 4 is 9.84 Å². The lowest BCUT2D eigenvalue weighted by Gasteiger charge is -2.45. The molecule has 0 spiro atoms. The van der Waals surface area contributed by atoms with Gasteiger partial charge in [-0.25, -0.2) is 12.8 Å². The Kier molecular flexibility index (Phi) is 6.75. The molecule has 1 saturated carbocycles. The van der Waals surface area contributed by atoms with Crippen molar-refractivity contribution in [2.75, 3.05) is 31.2 Å². The molecule has 6 heteroatoms. The summed E-state index contributed by atoms with van der Waals surface area (Å²) < 4.78 is 44.2. The lowest BCUT2D eigenvalue weighted by molar-refractivity contribution is 0.0876. The van der Waals surface area contributed by atoms with Gasteiger partial charge in [-0.15, -0.1) is 0 Å². The summed E-state index contributed by atoms with van der Waals surface area (Å²) >= 11 is 0. The first-order valence-electron chi connectivity index (χ1n) is 12.4. The number of sulfone groups is 1. The Morgan fingerprint density at radius 1 is 1.06 bits per heavy atom. The smallest absolute Gasteiger partial charge is 0.150 e. The minimum Gasteiger partial charge on any atom is -0.494 e. The first-order chi connectivity index (χ1) is 16.0. The van der Waals surface area contributed by atoms with Crippen LogP contribution in [0.4, 0.5) is 4.39 Å². The third kappa shape index (κ3) is 5.78. The van der Waals surface area contributed by atoms with Crippen molar-refractivity contribution in [2.45, 2.75) is 56.9 Å². The molecule has 2 aromatic carbocycles. The first-order valence-corrected chi connectivity index (χ1v) is 14.2. The summed E-state index contributed by atoms with van der Waals surface area (Å²) in [5.41, 5.74) is 3.69. The van der Waals surface area contributed by atoms with Gasteiger partial charge in [0.2, 0.25) is 0 Å². The van der Waals surface area contributed by atoms with Crippen molar-refractivity contribution in [3.8, 4) is 5.75 Å². The van der Waals surface area contributed by atoms with Crippen molar-refractivity contribution in [1.82, 2.24) is 4.90 Å². The molecule has 1 aliphatic heterocycles. The van der Waals surface area contributed by atoms with Crippen LogP contribution in [0.25, 0.3) is 0 Å². The van der Waals surface area contributed by atoms with Crippen LogP contribution in [0.1, 0.15) is 54.7 Å². The van der Waals surface area contributed by atoms with E-state index in [1.165, 1.54) is 23.6 Å². The predicted octanol–water partition coefficient (Wildman–Crippen LogP) is 4.77. The summed E-state index contributed by atoms with van der Waals surface area (Å²) in [7, 11) is -2.96. The van der Waals surface area contributed by atoms with Gasteiger partial charge in [0.15, 0.2) is 9.84 Å². The summed E-state index contributed by atoms with van der Waals surface area (Å²) in [6.07, 6.45) is 6.88. The topological polar surface area (TPSA) is 46.6 Å². The van der Waals surface area contributed by atoms with E-state index in [9.17, 15) is 12.8 Å². The fraction of sp³-hybridized carbons (Fsp3) is 0.556. The molecule has 2 unspecified atom stereocenters. The molecule has 5 rings (SSSR count). The van der Waals surface area contributed by atoms with Crippen LogP contribution in [-0.4, -0.2) is 50.6 Å². The number of likely N-dealkylation sites (tertiary alicyclic amines) is 1. The van der Waals surface area contributed by atoms with Crippen LogP contribution in [0, 0.1) is 11.7 Å². The zero-order valence-corrected chi connectivity index (χ0v) is 20.0. The number of aryl methyl sites for hydroxylation is 1. The number of benzene rings is 2. The minimum atomic E-state index is -2.96. The van der Waals surface area contributed by atoms with Crippen LogP contribution in [-0.2, 0) is 22.7 Å². The van der Waals surface area contributed by atoms with Crippen LogP contribution >= 0.6 is 0 Å². The van der Waals surface area contributed by atoms with Crippen LogP contribution in [0.2, 0.25) is 0 Å². The lowest BCUT2D eigenvalue weighted by Crippen LogP contribution is -2.49. The Hall–Kier alpha value is -1.92. The van der Waals surface area contributed by atoms with E-state index in [-0.39, 0.29) is 11.6 Å². The highest BCUT2D eigenvalue weighted by Crippen LogP contribution is 2.40. The maximum Gasteiger partial charge on any atom is 0.150 e. The summed E-state index contributed by atoms with van der Waals surface area (Å²) in [6.45, 7) is 2.70. The van der Waals surface area contributed by atoms with E-state index >= 15 is 0 Å². The third-order valence-electron chi connectivity index (χ3n) is 7.45. The number of hydrogen-bond acceptors (Lipinski definition) is 4. The van der Waals surface area contributed by atoms with E-state index < -0.39 is 9.84 Å².